The summed E-state index contributed by atoms with van der Waals surface area (Å²) in [5.41, 5.74) is 8.79. The molecule has 34 heavy (non-hydrogen) atoms. The number of hydrogen-bond acceptors (Lipinski definition) is 7. The molecule has 1 aliphatic rings. The lowest BCUT2D eigenvalue weighted by Crippen LogP contribution is -2.30. The van der Waals surface area contributed by atoms with E-state index >= 15 is 0 Å². The highest BCUT2D eigenvalue weighted by atomic mass is 35.5. The summed E-state index contributed by atoms with van der Waals surface area (Å²) in [6.45, 7) is 0. The summed E-state index contributed by atoms with van der Waals surface area (Å²) in [6.07, 6.45) is 7.24. The van der Waals surface area contributed by atoms with Gasteiger partial charge in [0.2, 0.25) is 0 Å². The van der Waals surface area contributed by atoms with Crippen molar-refractivity contribution in [1.82, 2.24) is 29.1 Å². The summed E-state index contributed by atoms with van der Waals surface area (Å²) in [4.78, 5) is 13.0. The average Bonchev–Trinajstić information content (AvgIpc) is 3.52. The highest BCUT2D eigenvalue weighted by molar-refractivity contribution is 6.33. The molecule has 0 saturated carbocycles. The Balaban J connectivity index is 1.29. The molecule has 0 amide bonds. The van der Waals surface area contributed by atoms with Gasteiger partial charge in [0.1, 0.15) is 36.2 Å². The van der Waals surface area contributed by atoms with Gasteiger partial charge in [0.25, 0.3) is 0 Å². The van der Waals surface area contributed by atoms with Crippen LogP contribution in [0.3, 0.4) is 0 Å². The number of fused-ring (bicyclic) bond motifs is 4. The molecule has 11 heteroatoms. The van der Waals surface area contributed by atoms with E-state index < -0.39 is 24.1 Å². The zero-order valence-corrected chi connectivity index (χ0v) is 18.4. The molecular weight excluding hydrogens is 461 g/mol. The van der Waals surface area contributed by atoms with Gasteiger partial charge in [-0.05, 0) is 42.2 Å². The third-order valence-electron chi connectivity index (χ3n) is 6.33. The Morgan fingerprint density at radius 2 is 1.94 bits per heavy atom. The number of halogens is 2. The SMILES string of the molecule is Nc1nc2cc(CCC3=C[C@@H](n4ncc5c4ncn4ccnc54)[C@H](O)[C@@H]3O)cc(F)c2cc1Cl. The number of nitrogens with zero attached hydrogens (tertiary/aromatic N) is 6. The summed E-state index contributed by atoms with van der Waals surface area (Å²) in [7, 11) is 0. The Kier molecular flexibility index (Phi) is 4.76. The average molecular weight is 480 g/mol. The van der Waals surface area contributed by atoms with Crippen LogP contribution in [0.4, 0.5) is 10.2 Å². The molecule has 3 atom stereocenters. The van der Waals surface area contributed by atoms with Gasteiger partial charge in [0.15, 0.2) is 11.3 Å². The number of anilines is 1. The Morgan fingerprint density at radius 3 is 2.79 bits per heavy atom. The van der Waals surface area contributed by atoms with Crippen molar-refractivity contribution in [3.05, 3.63) is 71.2 Å². The molecule has 4 heterocycles. The molecule has 0 fully saturated rings. The van der Waals surface area contributed by atoms with E-state index in [1.807, 2.05) is 0 Å². The molecule has 0 saturated heterocycles. The van der Waals surface area contributed by atoms with Gasteiger partial charge in [0.05, 0.1) is 22.1 Å². The molecule has 0 radical (unpaired) electrons. The molecule has 0 unspecified atom stereocenters. The second-order valence-electron chi connectivity index (χ2n) is 8.40. The van der Waals surface area contributed by atoms with Crippen molar-refractivity contribution < 1.29 is 14.6 Å². The van der Waals surface area contributed by atoms with E-state index in [9.17, 15) is 14.6 Å². The van der Waals surface area contributed by atoms with Gasteiger partial charge in [-0.3, -0.25) is 4.40 Å². The minimum atomic E-state index is -1.09. The minimum absolute atomic E-state index is 0.137. The van der Waals surface area contributed by atoms with Crippen LogP contribution in [0.25, 0.3) is 27.6 Å². The first-order valence-corrected chi connectivity index (χ1v) is 11.0. The van der Waals surface area contributed by atoms with Gasteiger partial charge in [0, 0.05) is 17.8 Å². The summed E-state index contributed by atoms with van der Waals surface area (Å²) >= 11 is 5.96. The van der Waals surface area contributed by atoms with E-state index in [1.54, 1.807) is 46.1 Å². The maximum Gasteiger partial charge on any atom is 0.163 e. The van der Waals surface area contributed by atoms with E-state index in [0.717, 1.165) is 5.39 Å². The smallest absolute Gasteiger partial charge is 0.163 e. The topological polar surface area (TPSA) is 127 Å². The largest absolute Gasteiger partial charge is 0.387 e. The predicted molar refractivity (Wildman–Crippen MR) is 125 cm³/mol. The number of hydrogen-bond donors (Lipinski definition) is 3. The van der Waals surface area contributed by atoms with Crippen LogP contribution in [-0.2, 0) is 6.42 Å². The molecule has 0 spiro atoms. The number of aromatic nitrogens is 6. The zero-order chi connectivity index (χ0) is 23.6. The number of aliphatic hydroxyl groups is 2. The molecule has 5 aromatic rings. The lowest BCUT2D eigenvalue weighted by Gasteiger charge is -2.18. The fraction of sp³-hybridized carbons (Fsp3) is 0.217. The molecule has 9 nitrogen and oxygen atoms in total. The fourth-order valence-corrected chi connectivity index (χ4v) is 4.72. The first kappa shape index (κ1) is 21.0. The number of benzene rings is 1. The van der Waals surface area contributed by atoms with Gasteiger partial charge >= 0.3 is 0 Å². The molecule has 1 aromatic carbocycles. The van der Waals surface area contributed by atoms with Gasteiger partial charge in [-0.25, -0.2) is 24.0 Å². The zero-order valence-electron chi connectivity index (χ0n) is 17.7. The fourth-order valence-electron chi connectivity index (χ4n) is 4.57. The first-order valence-electron chi connectivity index (χ1n) is 10.7. The van der Waals surface area contributed by atoms with Crippen LogP contribution in [-0.4, -0.2) is 51.6 Å². The number of aliphatic hydroxyl groups excluding tert-OH is 2. The van der Waals surface area contributed by atoms with Crippen LogP contribution < -0.4 is 5.73 Å². The third-order valence-corrected chi connectivity index (χ3v) is 6.63. The highest BCUT2D eigenvalue weighted by Gasteiger charge is 2.37. The van der Waals surface area contributed by atoms with Crippen LogP contribution in [0.2, 0.25) is 5.02 Å². The Hall–Kier alpha value is -3.60. The Morgan fingerprint density at radius 1 is 1.09 bits per heavy atom. The molecular formula is C23H19ClFN7O2. The molecule has 4 aromatic heterocycles. The summed E-state index contributed by atoms with van der Waals surface area (Å²) in [5.74, 6) is -0.307. The van der Waals surface area contributed by atoms with Crippen LogP contribution in [0, 0.1) is 5.82 Å². The van der Waals surface area contributed by atoms with Gasteiger partial charge in [-0.15, -0.1) is 0 Å². The summed E-state index contributed by atoms with van der Waals surface area (Å²) < 4.78 is 18.0. The lowest BCUT2D eigenvalue weighted by atomic mass is 10.0. The van der Waals surface area contributed by atoms with E-state index in [2.05, 4.69) is 20.1 Å². The first-order chi connectivity index (χ1) is 16.4. The normalized spacial score (nSPS) is 20.6. The molecule has 4 N–H and O–H groups in total. The van der Waals surface area contributed by atoms with Crippen molar-refractivity contribution in [2.75, 3.05) is 5.73 Å². The standard InChI is InChI=1S/C23H19ClFN7O2/c24-15-8-13-16(25)5-11(6-17(13)30-21(15)26)1-2-12-7-18(20(34)19(12)33)32-23-14(9-29-32)22-27-3-4-31(22)10-28-23/h3-10,18-20,33-34H,1-2H2,(H2,26,30)/t18-,19-,20+/m1/s1. The minimum Gasteiger partial charge on any atom is -0.387 e. The lowest BCUT2D eigenvalue weighted by molar-refractivity contribution is 0.0292. The number of nitrogens with two attached hydrogens (primary N) is 1. The predicted octanol–water partition coefficient (Wildman–Crippen LogP) is 2.84. The number of nitrogen functional groups attached to an aromatic ring is 1. The van der Waals surface area contributed by atoms with E-state index in [4.69, 9.17) is 17.3 Å². The molecule has 6 rings (SSSR count). The van der Waals surface area contributed by atoms with Crippen LogP contribution >= 0.6 is 11.6 Å². The van der Waals surface area contributed by atoms with E-state index in [0.29, 0.717) is 46.2 Å². The molecule has 0 bridgehead atoms. The molecule has 1 aliphatic carbocycles. The highest BCUT2D eigenvalue weighted by Crippen LogP contribution is 2.34. The quantitative estimate of drug-likeness (QED) is 0.338. The van der Waals surface area contributed by atoms with Crippen molar-refractivity contribution in [3.8, 4) is 0 Å². The van der Waals surface area contributed by atoms with Crippen molar-refractivity contribution in [3.63, 3.8) is 0 Å². The number of pyridine rings is 1. The number of rotatable bonds is 4. The summed E-state index contributed by atoms with van der Waals surface area (Å²) in [6, 6.07) is 4.04. The van der Waals surface area contributed by atoms with E-state index in [-0.39, 0.29) is 10.8 Å². The second-order valence-corrected chi connectivity index (χ2v) is 8.80. The maximum absolute atomic E-state index is 14.6. The van der Waals surface area contributed by atoms with Gasteiger partial charge < -0.3 is 15.9 Å². The maximum atomic E-state index is 14.6. The van der Waals surface area contributed by atoms with Crippen LogP contribution in [0.15, 0.2) is 54.8 Å². The van der Waals surface area contributed by atoms with Crippen molar-refractivity contribution in [1.29, 1.82) is 0 Å². The second kappa shape index (κ2) is 7.73. The van der Waals surface area contributed by atoms with Crippen molar-refractivity contribution in [2.45, 2.75) is 31.1 Å². The summed E-state index contributed by atoms with van der Waals surface area (Å²) in [5, 5.41) is 27.1. The monoisotopic (exact) mass is 479 g/mol. The molecule has 172 valence electrons. The third kappa shape index (κ3) is 3.22. The van der Waals surface area contributed by atoms with Crippen molar-refractivity contribution in [2.24, 2.45) is 0 Å². The Labute approximate surface area is 196 Å². The number of imidazole rings is 1. The van der Waals surface area contributed by atoms with Gasteiger partial charge in [-0.1, -0.05) is 17.7 Å². The van der Waals surface area contributed by atoms with Crippen LogP contribution in [0.1, 0.15) is 18.0 Å². The van der Waals surface area contributed by atoms with Gasteiger partial charge in [-0.2, -0.15) is 5.10 Å². The Bertz CT molecular complexity index is 1610. The van der Waals surface area contributed by atoms with Crippen LogP contribution in [0.5, 0.6) is 0 Å². The number of aryl methyl sites for hydroxylation is 1. The van der Waals surface area contributed by atoms with Crippen molar-refractivity contribution >= 4 is 45.0 Å². The molecule has 0 aliphatic heterocycles. The van der Waals surface area contributed by atoms with E-state index in [1.165, 1.54) is 12.1 Å².